The van der Waals surface area contributed by atoms with E-state index in [1.165, 1.54) is 0 Å². The van der Waals surface area contributed by atoms with E-state index in [9.17, 15) is 18.0 Å². The molecule has 1 aromatic heterocycles. The van der Waals surface area contributed by atoms with Gasteiger partial charge in [0, 0.05) is 6.42 Å². The molecule has 0 radical (unpaired) electrons. The number of hydrogen-bond acceptors (Lipinski definition) is 1. The van der Waals surface area contributed by atoms with Gasteiger partial charge in [-0.05, 0) is 17.5 Å². The number of aryl methyl sites for hydroxylation is 1. The molecule has 108 valence electrons. The van der Waals surface area contributed by atoms with E-state index in [1.807, 2.05) is 22.3 Å². The van der Waals surface area contributed by atoms with Gasteiger partial charge in [-0.1, -0.05) is 37.6 Å². The highest BCUT2D eigenvalue weighted by atomic mass is 19.4. The van der Waals surface area contributed by atoms with Gasteiger partial charge < -0.3 is 0 Å². The summed E-state index contributed by atoms with van der Waals surface area (Å²) in [4.78, 5) is 11.5. The summed E-state index contributed by atoms with van der Waals surface area (Å²) in [6.07, 6.45) is -2.66. The Morgan fingerprint density at radius 3 is 2.20 bits per heavy atom. The Morgan fingerprint density at radius 2 is 1.65 bits per heavy atom. The highest BCUT2D eigenvalue weighted by Gasteiger charge is 2.36. The molecule has 6 heteroatoms. The van der Waals surface area contributed by atoms with Crippen molar-refractivity contribution in [2.24, 2.45) is 0 Å². The minimum Gasteiger partial charge on any atom is -0.293 e. The summed E-state index contributed by atoms with van der Waals surface area (Å²) in [6.45, 7) is 2.06. The van der Waals surface area contributed by atoms with E-state index in [1.54, 1.807) is 12.1 Å². The van der Waals surface area contributed by atoms with Crippen LogP contribution >= 0.6 is 0 Å². The van der Waals surface area contributed by atoms with Crippen molar-refractivity contribution in [3.63, 3.8) is 0 Å². The Hall–Kier alpha value is -1.98. The Morgan fingerprint density at radius 1 is 1.05 bits per heavy atom. The number of aromatic nitrogens is 2. The number of H-pyrrole nitrogens is 2. The maximum Gasteiger partial charge on any atom is 0.433 e. The van der Waals surface area contributed by atoms with Crippen LogP contribution in [0, 0.1) is 0 Å². The highest BCUT2D eigenvalue weighted by Crippen LogP contribution is 2.29. The largest absolute Gasteiger partial charge is 0.433 e. The minimum atomic E-state index is -4.56. The maximum atomic E-state index is 12.7. The van der Waals surface area contributed by atoms with Crippen molar-refractivity contribution < 1.29 is 13.2 Å². The maximum absolute atomic E-state index is 12.7. The molecule has 0 spiro atoms. The van der Waals surface area contributed by atoms with Crippen LogP contribution in [0.2, 0.25) is 0 Å². The van der Waals surface area contributed by atoms with Crippen molar-refractivity contribution >= 4 is 0 Å². The van der Waals surface area contributed by atoms with E-state index in [2.05, 4.69) is 6.92 Å². The molecule has 0 aliphatic rings. The number of aromatic amines is 2. The molecule has 0 unspecified atom stereocenters. The monoisotopic (exact) mass is 284 g/mol. The van der Waals surface area contributed by atoms with Gasteiger partial charge in [-0.25, -0.2) is 0 Å². The van der Waals surface area contributed by atoms with Gasteiger partial charge in [0.1, 0.15) is 5.69 Å². The fourth-order valence-electron chi connectivity index (χ4n) is 2.11. The number of halogens is 3. The topological polar surface area (TPSA) is 48.6 Å². The van der Waals surface area contributed by atoms with E-state index in [4.69, 9.17) is 0 Å². The van der Waals surface area contributed by atoms with E-state index < -0.39 is 17.4 Å². The minimum absolute atomic E-state index is 0.0416. The molecule has 1 aromatic carbocycles. The lowest BCUT2D eigenvalue weighted by atomic mass is 10.0. The van der Waals surface area contributed by atoms with E-state index in [0.29, 0.717) is 5.56 Å². The summed E-state index contributed by atoms with van der Waals surface area (Å²) in [5.41, 5.74) is -0.188. The Kier molecular flexibility index (Phi) is 4.01. The normalized spacial score (nSPS) is 11.8. The van der Waals surface area contributed by atoms with Crippen LogP contribution in [-0.4, -0.2) is 10.2 Å². The second kappa shape index (κ2) is 5.56. The lowest BCUT2D eigenvalue weighted by Gasteiger charge is -2.07. The second-order valence-electron chi connectivity index (χ2n) is 4.67. The van der Waals surface area contributed by atoms with Crippen molar-refractivity contribution in [3.8, 4) is 0 Å². The molecule has 0 bridgehead atoms. The van der Waals surface area contributed by atoms with Gasteiger partial charge in [0.05, 0.1) is 5.56 Å². The van der Waals surface area contributed by atoms with Crippen molar-refractivity contribution in [2.75, 3.05) is 0 Å². The lowest BCUT2D eigenvalue weighted by molar-refractivity contribution is -0.141. The van der Waals surface area contributed by atoms with Gasteiger partial charge in [-0.15, -0.1) is 0 Å². The first-order valence-electron chi connectivity index (χ1n) is 6.36. The Bertz CT molecular complexity index is 623. The molecular weight excluding hydrogens is 269 g/mol. The molecule has 0 saturated carbocycles. The molecule has 0 aliphatic carbocycles. The molecule has 0 amide bonds. The lowest BCUT2D eigenvalue weighted by Crippen LogP contribution is -2.13. The van der Waals surface area contributed by atoms with Gasteiger partial charge in [0.2, 0.25) is 0 Å². The molecular formula is C14H15F3N2O. The SMILES string of the molecule is CCCc1ccc(Cc2c(C(F)(F)F)[nH][nH]c2=O)cc1. The van der Waals surface area contributed by atoms with Crippen LogP contribution in [0.1, 0.15) is 35.7 Å². The standard InChI is InChI=1S/C14H15F3N2O/c1-2-3-9-4-6-10(7-5-9)8-11-12(14(15,16)17)18-19-13(11)20/h4-7H,2-3,8H2,1H3,(H2,18,19,20). The first-order chi connectivity index (χ1) is 9.41. The molecule has 3 nitrogen and oxygen atoms in total. The molecule has 1 heterocycles. The third-order valence-electron chi connectivity index (χ3n) is 3.10. The zero-order chi connectivity index (χ0) is 14.8. The first-order valence-corrected chi connectivity index (χ1v) is 6.36. The smallest absolute Gasteiger partial charge is 0.293 e. The van der Waals surface area contributed by atoms with E-state index in [0.717, 1.165) is 18.4 Å². The van der Waals surface area contributed by atoms with Gasteiger partial charge in [0.25, 0.3) is 5.56 Å². The molecule has 20 heavy (non-hydrogen) atoms. The zero-order valence-electron chi connectivity index (χ0n) is 11.0. The zero-order valence-corrected chi connectivity index (χ0v) is 11.0. The molecule has 0 aliphatic heterocycles. The summed E-state index contributed by atoms with van der Waals surface area (Å²) < 4.78 is 38.2. The molecule has 0 fully saturated rings. The predicted octanol–water partition coefficient (Wildman–Crippen LogP) is 3.27. The molecule has 2 N–H and O–H groups in total. The number of alkyl halides is 3. The quantitative estimate of drug-likeness (QED) is 0.889. The highest BCUT2D eigenvalue weighted by molar-refractivity contribution is 5.30. The van der Waals surface area contributed by atoms with Crippen molar-refractivity contribution in [3.05, 3.63) is 57.0 Å². The second-order valence-corrected chi connectivity index (χ2v) is 4.67. The summed E-state index contributed by atoms with van der Waals surface area (Å²) in [7, 11) is 0. The van der Waals surface area contributed by atoms with Crippen LogP contribution in [0.15, 0.2) is 29.1 Å². The van der Waals surface area contributed by atoms with Crippen molar-refractivity contribution in [1.29, 1.82) is 0 Å². The molecule has 2 rings (SSSR count). The average molecular weight is 284 g/mol. The summed E-state index contributed by atoms with van der Waals surface area (Å²) in [5, 5.41) is 3.90. The molecule has 0 atom stereocenters. The third-order valence-corrected chi connectivity index (χ3v) is 3.10. The number of nitrogens with one attached hydrogen (secondary N) is 2. The molecule has 2 aromatic rings. The van der Waals surface area contributed by atoms with Gasteiger partial charge in [-0.3, -0.25) is 15.0 Å². The van der Waals surface area contributed by atoms with Crippen LogP contribution < -0.4 is 5.56 Å². The van der Waals surface area contributed by atoms with E-state index >= 15 is 0 Å². The van der Waals surface area contributed by atoms with Gasteiger partial charge in [-0.2, -0.15) is 13.2 Å². The van der Waals surface area contributed by atoms with Crippen LogP contribution in [0.3, 0.4) is 0 Å². The summed E-state index contributed by atoms with van der Waals surface area (Å²) >= 11 is 0. The van der Waals surface area contributed by atoms with Crippen LogP contribution in [0.4, 0.5) is 13.2 Å². The fraction of sp³-hybridized carbons (Fsp3) is 0.357. The van der Waals surface area contributed by atoms with Gasteiger partial charge >= 0.3 is 6.18 Å². The Labute approximate surface area is 113 Å². The summed E-state index contributed by atoms with van der Waals surface area (Å²) in [5.74, 6) is 0. The fourth-order valence-corrected chi connectivity index (χ4v) is 2.11. The Balaban J connectivity index is 2.26. The van der Waals surface area contributed by atoms with Gasteiger partial charge in [0.15, 0.2) is 0 Å². The average Bonchev–Trinajstić information content (AvgIpc) is 2.74. The predicted molar refractivity (Wildman–Crippen MR) is 69.7 cm³/mol. The van der Waals surface area contributed by atoms with Crippen molar-refractivity contribution in [1.82, 2.24) is 10.2 Å². The van der Waals surface area contributed by atoms with Crippen LogP contribution in [-0.2, 0) is 19.0 Å². The summed E-state index contributed by atoms with van der Waals surface area (Å²) in [6, 6.07) is 7.29. The molecule has 0 saturated heterocycles. The van der Waals surface area contributed by atoms with Crippen LogP contribution in [0.5, 0.6) is 0 Å². The van der Waals surface area contributed by atoms with Crippen molar-refractivity contribution in [2.45, 2.75) is 32.4 Å². The number of hydrogen-bond donors (Lipinski definition) is 2. The van der Waals surface area contributed by atoms with Crippen LogP contribution in [0.25, 0.3) is 0 Å². The third kappa shape index (κ3) is 3.12. The number of rotatable bonds is 4. The van der Waals surface area contributed by atoms with E-state index in [-0.39, 0.29) is 12.0 Å². The number of benzene rings is 1. The first kappa shape index (κ1) is 14.4.